The molecule has 0 radical (unpaired) electrons. The average Bonchev–Trinajstić information content (AvgIpc) is 3.15. The number of aliphatic carboxylic acids is 1. The van der Waals surface area contributed by atoms with Crippen LogP contribution in [0.4, 0.5) is 24.0 Å². The summed E-state index contributed by atoms with van der Waals surface area (Å²) in [7, 11) is 0. The first-order valence-corrected chi connectivity index (χ1v) is 11.5. The van der Waals surface area contributed by atoms with E-state index in [0.29, 0.717) is 23.0 Å². The first-order valence-electron chi connectivity index (χ1n) is 10.7. The van der Waals surface area contributed by atoms with Gasteiger partial charge in [0.15, 0.2) is 11.7 Å². The number of carboxylic acid groups (broad SMARTS) is 1. The maximum Gasteiger partial charge on any atom is 0.420 e. The minimum Gasteiger partial charge on any atom is -0.493 e. The quantitative estimate of drug-likeness (QED) is 0.282. The van der Waals surface area contributed by atoms with Gasteiger partial charge in [0.05, 0.1) is 17.9 Å². The lowest BCUT2D eigenvalue weighted by molar-refractivity contribution is -0.140. The molecule has 0 atom stereocenters. The average molecular weight is 495 g/mol. The first-order chi connectivity index (χ1) is 16.2. The van der Waals surface area contributed by atoms with E-state index in [1.54, 1.807) is 24.3 Å². The molecule has 6 nitrogen and oxygen atoms in total. The Morgan fingerprint density at radius 3 is 2.50 bits per heavy atom. The number of carbonyl (C=O) groups is 1. The highest BCUT2D eigenvalue weighted by Gasteiger charge is 2.34. The van der Waals surface area contributed by atoms with Gasteiger partial charge in [-0.3, -0.25) is 0 Å². The van der Waals surface area contributed by atoms with E-state index in [1.807, 2.05) is 13.8 Å². The number of unbranched alkanes of at least 4 members (excludes halogenated alkanes) is 2. The van der Waals surface area contributed by atoms with Gasteiger partial charge in [0.2, 0.25) is 0 Å². The van der Waals surface area contributed by atoms with Crippen molar-refractivity contribution < 1.29 is 32.5 Å². The summed E-state index contributed by atoms with van der Waals surface area (Å²) in [5, 5.41) is 12.1. The number of carboxylic acids is 1. The van der Waals surface area contributed by atoms with Crippen molar-refractivity contribution in [2.24, 2.45) is 0 Å². The SMILES string of the molecule is CCCCCOc1ccc(Nc2nc(-c3ccc(OCC(=O)O)cc3)c(C)s2)cc1C(F)(F)F. The summed E-state index contributed by atoms with van der Waals surface area (Å²) in [5.41, 5.74) is 0.867. The van der Waals surface area contributed by atoms with Crippen molar-refractivity contribution in [2.75, 3.05) is 18.5 Å². The number of nitrogens with zero attached hydrogens (tertiary/aromatic N) is 1. The second-order valence-corrected chi connectivity index (χ2v) is 8.72. The molecule has 0 saturated heterocycles. The lowest BCUT2D eigenvalue weighted by atomic mass is 10.1. The van der Waals surface area contributed by atoms with E-state index < -0.39 is 24.3 Å². The van der Waals surface area contributed by atoms with Gasteiger partial charge in [-0.05, 0) is 55.8 Å². The maximum absolute atomic E-state index is 13.6. The molecule has 1 heterocycles. The molecule has 0 amide bonds. The molecule has 0 spiro atoms. The van der Waals surface area contributed by atoms with Crippen molar-refractivity contribution in [3.8, 4) is 22.8 Å². The van der Waals surface area contributed by atoms with Gasteiger partial charge >= 0.3 is 12.1 Å². The number of hydrogen-bond acceptors (Lipinski definition) is 6. The largest absolute Gasteiger partial charge is 0.493 e. The number of rotatable bonds is 11. The smallest absolute Gasteiger partial charge is 0.420 e. The van der Waals surface area contributed by atoms with Crippen LogP contribution in [0.3, 0.4) is 0 Å². The molecular weight excluding hydrogens is 469 g/mol. The van der Waals surface area contributed by atoms with E-state index in [9.17, 15) is 18.0 Å². The molecule has 0 aliphatic rings. The minimum atomic E-state index is -4.55. The van der Waals surface area contributed by atoms with E-state index in [-0.39, 0.29) is 18.0 Å². The molecule has 10 heteroatoms. The lowest BCUT2D eigenvalue weighted by Gasteiger charge is -2.15. The van der Waals surface area contributed by atoms with Crippen LogP contribution in [0.5, 0.6) is 11.5 Å². The van der Waals surface area contributed by atoms with Crippen molar-refractivity contribution in [1.29, 1.82) is 0 Å². The predicted octanol–water partition coefficient (Wildman–Crippen LogP) is 6.91. The molecule has 0 fully saturated rings. The minimum absolute atomic E-state index is 0.185. The number of aromatic nitrogens is 1. The van der Waals surface area contributed by atoms with Gasteiger partial charge < -0.3 is 19.9 Å². The van der Waals surface area contributed by atoms with Gasteiger partial charge in [0, 0.05) is 16.1 Å². The molecule has 0 aliphatic heterocycles. The summed E-state index contributed by atoms with van der Waals surface area (Å²) in [4.78, 5) is 16.0. The fourth-order valence-electron chi connectivity index (χ4n) is 3.18. The Labute approximate surface area is 199 Å². The molecule has 1 aromatic heterocycles. The zero-order valence-electron chi connectivity index (χ0n) is 18.7. The fraction of sp³-hybridized carbons (Fsp3) is 0.333. The third-order valence-electron chi connectivity index (χ3n) is 4.83. The van der Waals surface area contributed by atoms with Gasteiger partial charge in [-0.2, -0.15) is 13.2 Å². The van der Waals surface area contributed by atoms with E-state index in [2.05, 4.69) is 10.3 Å². The van der Waals surface area contributed by atoms with Crippen LogP contribution in [0.2, 0.25) is 0 Å². The monoisotopic (exact) mass is 494 g/mol. The standard InChI is InChI=1S/C24H25F3N2O4S/c1-3-4-5-12-32-20-11-8-17(13-19(20)24(25,26)27)28-23-29-22(15(2)34-23)16-6-9-18(10-7-16)33-14-21(30)31/h6-11,13H,3-5,12,14H2,1-2H3,(H,28,29)(H,30,31). The molecular formula is C24H25F3N2O4S. The Bertz CT molecular complexity index is 1110. The van der Waals surface area contributed by atoms with Crippen molar-refractivity contribution in [2.45, 2.75) is 39.3 Å². The Morgan fingerprint density at radius 1 is 1.12 bits per heavy atom. The van der Waals surface area contributed by atoms with Crippen LogP contribution >= 0.6 is 11.3 Å². The van der Waals surface area contributed by atoms with E-state index in [0.717, 1.165) is 29.3 Å². The molecule has 2 N–H and O–H groups in total. The van der Waals surface area contributed by atoms with Gasteiger partial charge in [-0.15, -0.1) is 11.3 Å². The van der Waals surface area contributed by atoms with E-state index >= 15 is 0 Å². The molecule has 3 aromatic rings. The fourth-order valence-corrected chi connectivity index (χ4v) is 4.04. The molecule has 0 bridgehead atoms. The molecule has 34 heavy (non-hydrogen) atoms. The molecule has 0 aliphatic carbocycles. The molecule has 3 rings (SSSR count). The van der Waals surface area contributed by atoms with Crippen LogP contribution < -0.4 is 14.8 Å². The van der Waals surface area contributed by atoms with Gasteiger partial charge in [0.25, 0.3) is 0 Å². The topological polar surface area (TPSA) is 80.7 Å². The number of ether oxygens (including phenoxy) is 2. The Hall–Kier alpha value is -3.27. The number of nitrogens with one attached hydrogen (secondary N) is 1. The zero-order valence-corrected chi connectivity index (χ0v) is 19.6. The molecule has 182 valence electrons. The van der Waals surface area contributed by atoms with Crippen molar-refractivity contribution >= 4 is 28.1 Å². The Morgan fingerprint density at radius 2 is 1.85 bits per heavy atom. The number of halogens is 3. The second kappa shape index (κ2) is 11.2. The van der Waals surface area contributed by atoms with Crippen LogP contribution in [0, 0.1) is 6.92 Å². The van der Waals surface area contributed by atoms with Crippen LogP contribution in [0.15, 0.2) is 42.5 Å². The summed E-state index contributed by atoms with van der Waals surface area (Å²) < 4.78 is 51.3. The maximum atomic E-state index is 13.6. The van der Waals surface area contributed by atoms with Gasteiger partial charge in [-0.1, -0.05) is 19.8 Å². The normalized spacial score (nSPS) is 11.3. The summed E-state index contributed by atoms with van der Waals surface area (Å²) >= 11 is 1.32. The summed E-state index contributed by atoms with van der Waals surface area (Å²) in [6.45, 7) is 3.67. The van der Waals surface area contributed by atoms with Crippen LogP contribution in [-0.4, -0.2) is 29.3 Å². The number of benzene rings is 2. The van der Waals surface area contributed by atoms with E-state index in [4.69, 9.17) is 14.6 Å². The zero-order chi connectivity index (χ0) is 24.7. The van der Waals surface area contributed by atoms with Gasteiger partial charge in [-0.25, -0.2) is 9.78 Å². The number of hydrogen-bond donors (Lipinski definition) is 2. The highest BCUT2D eigenvalue weighted by molar-refractivity contribution is 7.16. The van der Waals surface area contributed by atoms with Crippen LogP contribution in [0.25, 0.3) is 11.3 Å². The van der Waals surface area contributed by atoms with Gasteiger partial charge in [0.1, 0.15) is 11.5 Å². The number of anilines is 2. The van der Waals surface area contributed by atoms with E-state index in [1.165, 1.54) is 23.5 Å². The Balaban J connectivity index is 1.76. The van der Waals surface area contributed by atoms with Crippen LogP contribution in [-0.2, 0) is 11.0 Å². The third-order valence-corrected chi connectivity index (χ3v) is 5.71. The molecule has 0 unspecified atom stereocenters. The summed E-state index contributed by atoms with van der Waals surface area (Å²) in [6.07, 6.45) is -2.01. The highest BCUT2D eigenvalue weighted by Crippen LogP contribution is 2.39. The second-order valence-electron chi connectivity index (χ2n) is 7.52. The number of aryl methyl sites for hydroxylation is 1. The lowest BCUT2D eigenvalue weighted by Crippen LogP contribution is -2.10. The number of alkyl halides is 3. The molecule has 0 saturated carbocycles. The van der Waals surface area contributed by atoms with Crippen molar-refractivity contribution in [3.05, 3.63) is 52.9 Å². The third kappa shape index (κ3) is 6.86. The summed E-state index contributed by atoms with van der Waals surface area (Å²) in [5.74, 6) is -0.843. The summed E-state index contributed by atoms with van der Waals surface area (Å²) in [6, 6.07) is 10.7. The van der Waals surface area contributed by atoms with Crippen molar-refractivity contribution in [1.82, 2.24) is 4.98 Å². The van der Waals surface area contributed by atoms with Crippen LogP contribution in [0.1, 0.15) is 36.6 Å². The Kier molecular flexibility index (Phi) is 8.38. The predicted molar refractivity (Wildman–Crippen MR) is 125 cm³/mol. The number of thiazole rings is 1. The highest BCUT2D eigenvalue weighted by atomic mass is 32.1. The molecule has 2 aromatic carbocycles. The first kappa shape index (κ1) is 25.4. The van der Waals surface area contributed by atoms with Crippen molar-refractivity contribution in [3.63, 3.8) is 0 Å².